The first kappa shape index (κ1) is 26.0. The fourth-order valence-electron chi connectivity index (χ4n) is 4.34. The van der Waals surface area contributed by atoms with E-state index in [1.54, 1.807) is 6.92 Å². The summed E-state index contributed by atoms with van der Waals surface area (Å²) in [6, 6.07) is 6.73. The monoisotopic (exact) mass is 538 g/mol. The van der Waals surface area contributed by atoms with Gasteiger partial charge in [0.2, 0.25) is 5.95 Å². The van der Waals surface area contributed by atoms with Crippen LogP contribution in [0.25, 0.3) is 11.1 Å². The number of carbonyl (C=O) groups excluding carboxylic acids is 1. The number of aryl methyl sites for hydroxylation is 1. The van der Waals surface area contributed by atoms with Gasteiger partial charge in [-0.1, -0.05) is 31.2 Å². The third kappa shape index (κ3) is 4.85. The molecule has 0 radical (unpaired) electrons. The van der Waals surface area contributed by atoms with Crippen LogP contribution < -0.4 is 10.2 Å². The van der Waals surface area contributed by atoms with Crippen LogP contribution >= 0.6 is 0 Å². The number of benzene rings is 1. The van der Waals surface area contributed by atoms with E-state index in [-0.39, 0.29) is 24.0 Å². The normalized spacial score (nSPS) is 17.5. The van der Waals surface area contributed by atoms with Gasteiger partial charge in [-0.25, -0.2) is 29.0 Å². The van der Waals surface area contributed by atoms with Crippen LogP contribution in [0.4, 0.5) is 25.3 Å². The Morgan fingerprint density at radius 1 is 1.18 bits per heavy atom. The summed E-state index contributed by atoms with van der Waals surface area (Å²) in [5.41, 5.74) is 0.894. The number of halogens is 2. The Balaban J connectivity index is 1.62. The molecule has 0 bridgehead atoms. The molecule has 3 aromatic heterocycles. The van der Waals surface area contributed by atoms with E-state index in [1.807, 2.05) is 31.2 Å². The molecule has 4 aromatic rings. The highest BCUT2D eigenvalue weighted by atomic mass is 19.1. The van der Waals surface area contributed by atoms with Crippen molar-refractivity contribution in [2.45, 2.75) is 44.9 Å². The summed E-state index contributed by atoms with van der Waals surface area (Å²) in [4.78, 5) is 29.3. The zero-order chi connectivity index (χ0) is 27.7. The lowest BCUT2D eigenvalue weighted by molar-refractivity contribution is 0.142. The van der Waals surface area contributed by atoms with Crippen LogP contribution in [0, 0.1) is 11.9 Å². The van der Waals surface area contributed by atoms with Crippen molar-refractivity contribution in [1.82, 2.24) is 30.3 Å². The van der Waals surface area contributed by atoms with Gasteiger partial charge < -0.3 is 19.7 Å². The molecule has 5 rings (SSSR count). The average Bonchev–Trinajstić information content (AvgIpc) is 3.61. The summed E-state index contributed by atoms with van der Waals surface area (Å²) >= 11 is 0. The lowest BCUT2D eigenvalue weighted by Crippen LogP contribution is -2.42. The van der Waals surface area contributed by atoms with Gasteiger partial charge in [-0.3, -0.25) is 0 Å². The van der Waals surface area contributed by atoms with E-state index < -0.39 is 41.5 Å². The highest BCUT2D eigenvalue weighted by Gasteiger charge is 2.42. The molecule has 1 aliphatic heterocycles. The van der Waals surface area contributed by atoms with Gasteiger partial charge >= 0.3 is 12.2 Å². The Morgan fingerprint density at radius 3 is 2.62 bits per heavy atom. The number of cyclic esters (lactones) is 1. The molecule has 39 heavy (non-hydrogen) atoms. The molecule has 1 aliphatic rings. The van der Waals surface area contributed by atoms with Crippen LogP contribution in [0.2, 0.25) is 0 Å². The van der Waals surface area contributed by atoms with Gasteiger partial charge in [-0.2, -0.15) is 9.37 Å². The summed E-state index contributed by atoms with van der Waals surface area (Å²) in [7, 11) is 0. The number of anilines is 2. The van der Waals surface area contributed by atoms with Crippen molar-refractivity contribution in [3.63, 3.8) is 0 Å². The molecule has 202 valence electrons. The molecule has 1 amide bonds. The van der Waals surface area contributed by atoms with E-state index in [0.717, 1.165) is 23.1 Å². The average molecular weight is 539 g/mol. The fraction of sp³-hybridized carbons (Fsp3) is 0.320. The van der Waals surface area contributed by atoms with Gasteiger partial charge in [-0.15, -0.1) is 5.10 Å². The number of rotatable bonds is 8. The van der Waals surface area contributed by atoms with E-state index in [4.69, 9.17) is 9.26 Å². The Morgan fingerprint density at radius 2 is 1.95 bits per heavy atom. The molecule has 1 fully saturated rings. The molecule has 4 heterocycles. The molecule has 0 unspecified atom stereocenters. The smallest absolute Gasteiger partial charge is 0.416 e. The molecule has 12 nitrogen and oxygen atoms in total. The molecule has 0 aliphatic carbocycles. The van der Waals surface area contributed by atoms with Crippen molar-refractivity contribution in [3.8, 4) is 11.1 Å². The lowest BCUT2D eigenvalue weighted by Gasteiger charge is -2.29. The van der Waals surface area contributed by atoms with Gasteiger partial charge in [0, 0.05) is 17.0 Å². The number of nitrogens with zero attached hydrogens (tertiary/aromatic N) is 7. The van der Waals surface area contributed by atoms with Crippen molar-refractivity contribution in [2.75, 3.05) is 16.8 Å². The first-order valence-electron chi connectivity index (χ1n) is 12.1. The van der Waals surface area contributed by atoms with Crippen molar-refractivity contribution in [2.24, 2.45) is 0 Å². The van der Waals surface area contributed by atoms with Gasteiger partial charge in [0.1, 0.15) is 18.2 Å². The summed E-state index contributed by atoms with van der Waals surface area (Å²) < 4.78 is 39.7. The summed E-state index contributed by atoms with van der Waals surface area (Å²) in [6.45, 7) is 4.94. The third-order valence-electron chi connectivity index (χ3n) is 6.54. The first-order chi connectivity index (χ1) is 18.7. The number of nitrogens with one attached hydrogen (secondary N) is 1. The van der Waals surface area contributed by atoms with Crippen molar-refractivity contribution in [1.29, 1.82) is 0 Å². The molecule has 3 atom stereocenters. The zero-order valence-corrected chi connectivity index (χ0v) is 21.2. The maximum Gasteiger partial charge on any atom is 0.416 e. The summed E-state index contributed by atoms with van der Waals surface area (Å²) in [6.07, 6.45) is 1.44. The van der Waals surface area contributed by atoms with E-state index in [2.05, 4.69) is 35.6 Å². The minimum Gasteiger partial charge on any atom is -0.447 e. The summed E-state index contributed by atoms with van der Waals surface area (Å²) in [5, 5.41) is 20.4. The van der Waals surface area contributed by atoms with E-state index >= 15 is 0 Å². The van der Waals surface area contributed by atoms with Crippen LogP contribution in [0.15, 0.2) is 47.4 Å². The topological polar surface area (TPSA) is 152 Å². The molecule has 0 spiro atoms. The molecule has 0 saturated carbocycles. The highest BCUT2D eigenvalue weighted by Crippen LogP contribution is 2.37. The second-order valence-electron chi connectivity index (χ2n) is 9.10. The van der Waals surface area contributed by atoms with E-state index in [1.165, 1.54) is 19.3 Å². The standard InChI is InChI=1S/C25H24F2N8O4/c1-4-14-5-7-15(8-6-14)16-9-28-22(27)31-20(16)25(3,19-11-30-34-39-19)33-23-29-10-17(26)21(32-23)35-18(13(2)36)12-38-24(35)37/h5-11,13,18,36H,4,12H2,1-3H3,(H,29,32,33)/t13-,18-,25+/m1/s1. The molecule has 1 aromatic carbocycles. The van der Waals surface area contributed by atoms with Crippen molar-refractivity contribution < 1.29 is 27.9 Å². The number of amides is 1. The third-order valence-corrected chi connectivity index (χ3v) is 6.54. The number of aliphatic hydroxyl groups excluding tert-OH is 1. The van der Waals surface area contributed by atoms with E-state index in [9.17, 15) is 18.7 Å². The largest absolute Gasteiger partial charge is 0.447 e. The number of aromatic nitrogens is 6. The Kier molecular flexibility index (Phi) is 6.87. The van der Waals surface area contributed by atoms with Crippen LogP contribution in [0.1, 0.15) is 37.8 Å². The van der Waals surface area contributed by atoms with Gasteiger partial charge in [0.25, 0.3) is 0 Å². The Hall–Kier alpha value is -4.59. The predicted octanol–water partition coefficient (Wildman–Crippen LogP) is 3.24. The molecule has 14 heteroatoms. The Labute approximate surface area is 221 Å². The van der Waals surface area contributed by atoms with Gasteiger partial charge in [0.05, 0.1) is 24.2 Å². The van der Waals surface area contributed by atoms with E-state index in [0.29, 0.717) is 11.1 Å². The zero-order valence-electron chi connectivity index (χ0n) is 21.2. The molecular formula is C25H24F2N8O4. The lowest BCUT2D eigenvalue weighted by atomic mass is 9.88. The second kappa shape index (κ2) is 10.3. The van der Waals surface area contributed by atoms with Gasteiger partial charge in [-0.05, 0) is 31.4 Å². The number of hydrogen-bond donors (Lipinski definition) is 2. The minimum atomic E-state index is -1.50. The molecule has 1 saturated heterocycles. The molecular weight excluding hydrogens is 514 g/mol. The number of ether oxygens (including phenoxy) is 1. The van der Waals surface area contributed by atoms with Crippen molar-refractivity contribution in [3.05, 3.63) is 71.8 Å². The highest BCUT2D eigenvalue weighted by molar-refractivity contribution is 5.89. The number of carbonyl (C=O) groups is 1. The maximum atomic E-state index is 14.9. The summed E-state index contributed by atoms with van der Waals surface area (Å²) in [5.74, 6) is -1.38. The molecule has 2 N–H and O–H groups in total. The Bertz CT molecular complexity index is 1490. The second-order valence-corrected chi connectivity index (χ2v) is 9.10. The quantitative estimate of drug-likeness (QED) is 0.318. The first-order valence-corrected chi connectivity index (χ1v) is 12.1. The van der Waals surface area contributed by atoms with Crippen LogP contribution in [0.3, 0.4) is 0 Å². The van der Waals surface area contributed by atoms with Crippen LogP contribution in [-0.2, 0) is 16.7 Å². The van der Waals surface area contributed by atoms with Crippen LogP contribution in [-0.4, -0.2) is 60.3 Å². The van der Waals surface area contributed by atoms with Crippen LogP contribution in [0.5, 0.6) is 0 Å². The minimum absolute atomic E-state index is 0.115. The SMILES string of the molecule is CCc1ccc(-c2cnc(F)nc2[C@@](C)(Nc2ncc(F)c(N3C(=O)OC[C@@H]3[C@@H](C)O)n2)c2cnno2)cc1. The number of hydrogen-bond acceptors (Lipinski definition) is 11. The predicted molar refractivity (Wildman–Crippen MR) is 132 cm³/mol. The maximum absolute atomic E-state index is 14.9. The van der Waals surface area contributed by atoms with Gasteiger partial charge in [0.15, 0.2) is 17.4 Å². The fourth-order valence-corrected chi connectivity index (χ4v) is 4.34. The van der Waals surface area contributed by atoms with Crippen molar-refractivity contribution >= 4 is 17.9 Å². The number of aliphatic hydroxyl groups is 1.